The van der Waals surface area contributed by atoms with Crippen molar-refractivity contribution >= 4 is 43.3 Å². The molecule has 0 amide bonds. The first-order valence-corrected chi connectivity index (χ1v) is 12.2. The Morgan fingerprint density at radius 3 is 2.49 bits per heavy atom. The summed E-state index contributed by atoms with van der Waals surface area (Å²) in [6.07, 6.45) is 2.02. The Hall–Kier alpha value is -3.84. The summed E-state index contributed by atoms with van der Waals surface area (Å²) in [7, 11) is 2.15. The minimum atomic E-state index is -0.135. The Kier molecular flexibility index (Phi) is 3.81. The number of aromatic nitrogens is 1. The maximum atomic E-state index is 6.06. The van der Waals surface area contributed by atoms with Crippen LogP contribution in [0.2, 0.25) is 0 Å². The van der Waals surface area contributed by atoms with Crippen molar-refractivity contribution in [2.24, 2.45) is 0 Å². The minimum Gasteiger partial charge on any atom is -0.454 e. The molecule has 0 bridgehead atoms. The third-order valence-electron chi connectivity index (χ3n) is 7.28. The minimum absolute atomic E-state index is 0.135. The van der Waals surface area contributed by atoms with Gasteiger partial charge in [0.1, 0.15) is 6.17 Å². The maximum Gasteiger partial charge on any atom is 0.231 e. The fourth-order valence-corrected chi connectivity index (χ4v) is 6.15. The van der Waals surface area contributed by atoms with Crippen molar-refractivity contribution in [3.63, 3.8) is 0 Å². The Morgan fingerprint density at radius 1 is 0.771 bits per heavy atom. The number of nitrogens with zero attached hydrogens (tertiary/aromatic N) is 2. The predicted molar refractivity (Wildman–Crippen MR) is 138 cm³/mol. The summed E-state index contributed by atoms with van der Waals surface area (Å²) in [5.74, 6) is 3.17. The Balaban J connectivity index is 1.46. The smallest absolute Gasteiger partial charge is 0.231 e. The average molecular weight is 527 g/mol. The largest absolute Gasteiger partial charge is 0.454 e. The van der Waals surface area contributed by atoms with Gasteiger partial charge in [0, 0.05) is 39.6 Å². The van der Waals surface area contributed by atoms with Crippen molar-refractivity contribution in [1.82, 2.24) is 4.57 Å². The number of benzene rings is 4. The number of anilines is 1. The van der Waals surface area contributed by atoms with Crippen molar-refractivity contribution in [2.45, 2.75) is 6.17 Å². The molecule has 4 heterocycles. The third kappa shape index (κ3) is 2.59. The van der Waals surface area contributed by atoms with Crippen LogP contribution in [-0.4, -0.2) is 25.2 Å². The van der Waals surface area contributed by atoms with Crippen LogP contribution in [0.3, 0.4) is 0 Å². The first-order valence-electron chi connectivity index (χ1n) is 11.5. The zero-order chi connectivity index (χ0) is 23.3. The lowest BCUT2D eigenvalue weighted by molar-refractivity contribution is 0.172. The van der Waals surface area contributed by atoms with Crippen LogP contribution in [0.5, 0.6) is 23.0 Å². The van der Waals surface area contributed by atoms with Gasteiger partial charge < -0.3 is 28.4 Å². The van der Waals surface area contributed by atoms with Crippen LogP contribution in [0.15, 0.2) is 71.3 Å². The molecule has 4 aromatic carbocycles. The van der Waals surface area contributed by atoms with Gasteiger partial charge in [0.15, 0.2) is 23.0 Å². The predicted octanol–water partition coefficient (Wildman–Crippen LogP) is 6.68. The summed E-state index contributed by atoms with van der Waals surface area (Å²) >= 11 is 3.61. The van der Waals surface area contributed by atoms with E-state index in [0.717, 1.165) is 66.1 Å². The molecule has 8 rings (SSSR count). The molecule has 0 N–H and O–H groups in total. The van der Waals surface area contributed by atoms with Crippen LogP contribution in [0.1, 0.15) is 11.7 Å². The number of ether oxygens (including phenoxy) is 4. The van der Waals surface area contributed by atoms with Crippen molar-refractivity contribution < 1.29 is 18.9 Å². The lowest BCUT2D eigenvalue weighted by atomic mass is 9.88. The SMILES string of the molecule is CN1c2c(ccc3cc4c(cc23)OCO4)-c2ccc3c(c2C1n1ccc2cc(Br)ccc21)OCO3. The maximum absolute atomic E-state index is 6.06. The molecule has 7 heteroatoms. The zero-order valence-electron chi connectivity index (χ0n) is 18.7. The van der Waals surface area contributed by atoms with Crippen molar-refractivity contribution in [3.8, 4) is 34.1 Å². The van der Waals surface area contributed by atoms with Crippen molar-refractivity contribution in [2.75, 3.05) is 25.5 Å². The molecule has 0 saturated heterocycles. The van der Waals surface area contributed by atoms with Gasteiger partial charge in [-0.1, -0.05) is 28.1 Å². The summed E-state index contributed by atoms with van der Waals surface area (Å²) in [4.78, 5) is 2.34. The summed E-state index contributed by atoms with van der Waals surface area (Å²) in [5, 5.41) is 3.41. The van der Waals surface area contributed by atoms with E-state index in [1.54, 1.807) is 0 Å². The number of hydrogen-bond acceptors (Lipinski definition) is 5. The van der Waals surface area contributed by atoms with E-state index in [1.807, 2.05) is 6.07 Å². The lowest BCUT2D eigenvalue weighted by Gasteiger charge is -2.40. The third-order valence-corrected chi connectivity index (χ3v) is 7.77. The number of fused-ring (bicyclic) bond motifs is 9. The Bertz CT molecular complexity index is 1710. The van der Waals surface area contributed by atoms with E-state index in [1.165, 1.54) is 5.39 Å². The van der Waals surface area contributed by atoms with Crippen LogP contribution in [0.4, 0.5) is 5.69 Å². The van der Waals surface area contributed by atoms with Crippen molar-refractivity contribution in [1.29, 1.82) is 0 Å². The van der Waals surface area contributed by atoms with E-state index in [4.69, 9.17) is 18.9 Å². The van der Waals surface area contributed by atoms with Gasteiger partial charge >= 0.3 is 0 Å². The lowest BCUT2D eigenvalue weighted by Crippen LogP contribution is -2.33. The molecule has 1 aromatic heterocycles. The second-order valence-corrected chi connectivity index (χ2v) is 9.98. The Labute approximate surface area is 209 Å². The second kappa shape index (κ2) is 6.86. The van der Waals surface area contributed by atoms with Crippen molar-refractivity contribution in [3.05, 3.63) is 76.9 Å². The molecule has 0 spiro atoms. The highest BCUT2D eigenvalue weighted by atomic mass is 79.9. The highest BCUT2D eigenvalue weighted by molar-refractivity contribution is 9.10. The van der Waals surface area contributed by atoms with Gasteiger partial charge in [-0.05, 0) is 59.5 Å². The molecule has 0 aliphatic carbocycles. The van der Waals surface area contributed by atoms with Crippen LogP contribution in [0.25, 0.3) is 32.8 Å². The first kappa shape index (κ1) is 19.5. The van der Waals surface area contributed by atoms with E-state index in [9.17, 15) is 0 Å². The van der Waals surface area contributed by atoms with Crippen LogP contribution in [-0.2, 0) is 0 Å². The summed E-state index contributed by atoms with van der Waals surface area (Å²) < 4.78 is 26.6. The van der Waals surface area contributed by atoms with Gasteiger partial charge in [0.2, 0.25) is 13.6 Å². The van der Waals surface area contributed by atoms with Gasteiger partial charge in [-0.25, -0.2) is 0 Å². The van der Waals surface area contributed by atoms with Crippen LogP contribution >= 0.6 is 15.9 Å². The van der Waals surface area contributed by atoms with E-state index in [2.05, 4.69) is 93.2 Å². The molecular weight excluding hydrogens is 508 g/mol. The molecule has 1 unspecified atom stereocenters. The number of halogens is 1. The molecule has 0 radical (unpaired) electrons. The van der Waals surface area contributed by atoms with Gasteiger partial charge in [-0.15, -0.1) is 0 Å². The molecule has 172 valence electrons. The van der Waals surface area contributed by atoms with E-state index >= 15 is 0 Å². The number of hydrogen-bond donors (Lipinski definition) is 0. The quantitative estimate of drug-likeness (QED) is 0.244. The highest BCUT2D eigenvalue weighted by Crippen LogP contribution is 2.55. The number of rotatable bonds is 1. The molecule has 3 aliphatic heterocycles. The molecule has 1 atom stereocenters. The Morgan fingerprint density at radius 2 is 1.57 bits per heavy atom. The van der Waals surface area contributed by atoms with E-state index < -0.39 is 0 Å². The van der Waals surface area contributed by atoms with E-state index in [-0.39, 0.29) is 19.8 Å². The second-order valence-electron chi connectivity index (χ2n) is 9.06. The molecule has 0 fully saturated rings. The van der Waals surface area contributed by atoms with Gasteiger partial charge in [-0.2, -0.15) is 0 Å². The molecule has 0 saturated carbocycles. The van der Waals surface area contributed by atoms with Crippen LogP contribution < -0.4 is 23.8 Å². The fourth-order valence-electron chi connectivity index (χ4n) is 5.77. The standard InChI is InChI=1S/C28H19BrN2O4/c1-30-26-19(4-2-15-11-23-24(12-20(15)26)34-13-33-23)18-5-7-22-27(35-14-32-22)25(18)28(30)31-9-8-16-10-17(29)3-6-21(16)31/h2-12,28H,13-14H2,1H3. The topological polar surface area (TPSA) is 45.1 Å². The molecule has 35 heavy (non-hydrogen) atoms. The van der Waals surface area contributed by atoms with Gasteiger partial charge in [0.05, 0.1) is 11.2 Å². The fraction of sp³-hybridized carbons (Fsp3) is 0.143. The summed E-state index contributed by atoms with van der Waals surface area (Å²) in [5.41, 5.74) is 5.70. The van der Waals surface area contributed by atoms with E-state index in [0.29, 0.717) is 0 Å². The zero-order valence-corrected chi connectivity index (χ0v) is 20.3. The van der Waals surface area contributed by atoms with Crippen LogP contribution in [0, 0.1) is 0 Å². The highest BCUT2D eigenvalue weighted by Gasteiger charge is 2.37. The summed E-state index contributed by atoms with van der Waals surface area (Å²) in [6, 6.07) is 21.2. The monoisotopic (exact) mass is 526 g/mol. The average Bonchev–Trinajstić information content (AvgIpc) is 3.61. The first-order chi connectivity index (χ1) is 17.2. The normalized spacial score (nSPS) is 17.2. The molecule has 3 aliphatic rings. The summed E-state index contributed by atoms with van der Waals surface area (Å²) in [6.45, 7) is 0.485. The van der Waals surface area contributed by atoms with Gasteiger partial charge in [-0.3, -0.25) is 0 Å². The molecule has 5 aromatic rings. The molecule has 6 nitrogen and oxygen atoms in total. The van der Waals surface area contributed by atoms with Gasteiger partial charge in [0.25, 0.3) is 0 Å². The molecular formula is C28H19BrN2O4.